The highest BCUT2D eigenvalue weighted by atomic mass is 28.3. The van der Waals surface area contributed by atoms with Crippen LogP contribution in [-0.2, 0) is 21.3 Å². The van der Waals surface area contributed by atoms with E-state index in [1.807, 2.05) is 0 Å². The van der Waals surface area contributed by atoms with Gasteiger partial charge < -0.3 is 9.16 Å². The highest BCUT2D eigenvalue weighted by molar-refractivity contribution is 6.50. The first kappa shape index (κ1) is 16.0. The van der Waals surface area contributed by atoms with E-state index in [0.29, 0.717) is 0 Å². The minimum absolute atomic E-state index is 0.776. The summed E-state index contributed by atoms with van der Waals surface area (Å²) >= 11 is 0. The average Bonchev–Trinajstić information content (AvgIpc) is 2.53. The summed E-state index contributed by atoms with van der Waals surface area (Å²) < 4.78 is 11.3. The van der Waals surface area contributed by atoms with E-state index in [2.05, 4.69) is 60.7 Å². The lowest BCUT2D eigenvalue weighted by atomic mass is 10.2. The van der Waals surface area contributed by atoms with Crippen LogP contribution in [0.2, 0.25) is 0 Å². The average molecular weight is 300 g/mol. The molecule has 0 N–H and O–H groups in total. The number of hydrogen-bond acceptors (Lipinski definition) is 2. The van der Waals surface area contributed by atoms with Gasteiger partial charge in [0.25, 0.3) is 0 Å². The first-order valence-electron chi connectivity index (χ1n) is 7.57. The summed E-state index contributed by atoms with van der Waals surface area (Å²) in [5, 5.41) is 0. The van der Waals surface area contributed by atoms with Crippen LogP contribution in [0.25, 0.3) is 0 Å². The van der Waals surface area contributed by atoms with Crippen LogP contribution in [0.4, 0.5) is 0 Å². The highest BCUT2D eigenvalue weighted by Gasteiger charge is 2.13. The molecule has 0 fully saturated rings. The SMILES string of the molecule is COCCCO[SiH](Cc1ccccc1)Cc1ccccc1. The van der Waals surface area contributed by atoms with Crippen molar-refractivity contribution in [1.29, 1.82) is 0 Å². The van der Waals surface area contributed by atoms with E-state index in [1.165, 1.54) is 11.1 Å². The van der Waals surface area contributed by atoms with Crippen molar-refractivity contribution in [3.05, 3.63) is 71.8 Å². The molecule has 2 nitrogen and oxygen atoms in total. The Morgan fingerprint density at radius 2 is 1.29 bits per heavy atom. The molecule has 0 bridgehead atoms. The van der Waals surface area contributed by atoms with E-state index in [9.17, 15) is 0 Å². The van der Waals surface area contributed by atoms with Crippen LogP contribution in [0.3, 0.4) is 0 Å². The van der Waals surface area contributed by atoms with Crippen LogP contribution >= 0.6 is 0 Å². The number of benzene rings is 2. The van der Waals surface area contributed by atoms with Gasteiger partial charge in [-0.2, -0.15) is 0 Å². The van der Waals surface area contributed by atoms with Crippen LogP contribution < -0.4 is 0 Å². The van der Waals surface area contributed by atoms with Crippen molar-refractivity contribution in [1.82, 2.24) is 0 Å². The molecular weight excluding hydrogens is 276 g/mol. The molecule has 2 aromatic rings. The number of rotatable bonds is 9. The third kappa shape index (κ3) is 6.25. The zero-order chi connectivity index (χ0) is 14.8. The second kappa shape index (κ2) is 9.50. The maximum Gasteiger partial charge on any atom is 0.185 e. The first-order valence-corrected chi connectivity index (χ1v) is 9.67. The number of hydrogen-bond donors (Lipinski definition) is 0. The van der Waals surface area contributed by atoms with Crippen molar-refractivity contribution >= 4 is 9.04 Å². The lowest BCUT2D eigenvalue weighted by Crippen LogP contribution is -2.26. The molecule has 0 spiro atoms. The van der Waals surface area contributed by atoms with E-state index in [-0.39, 0.29) is 0 Å². The Morgan fingerprint density at radius 3 is 1.76 bits per heavy atom. The fourth-order valence-electron chi connectivity index (χ4n) is 2.40. The molecule has 0 amide bonds. The van der Waals surface area contributed by atoms with Crippen molar-refractivity contribution in [2.24, 2.45) is 0 Å². The van der Waals surface area contributed by atoms with Crippen molar-refractivity contribution < 1.29 is 9.16 Å². The Balaban J connectivity index is 1.93. The van der Waals surface area contributed by atoms with Crippen LogP contribution in [0.1, 0.15) is 17.5 Å². The molecule has 0 aliphatic rings. The van der Waals surface area contributed by atoms with Crippen molar-refractivity contribution in [3.63, 3.8) is 0 Å². The van der Waals surface area contributed by atoms with Crippen LogP contribution in [0, 0.1) is 0 Å². The third-order valence-corrected chi connectivity index (χ3v) is 6.02. The summed E-state index contributed by atoms with van der Waals surface area (Å²) in [6.45, 7) is 1.59. The summed E-state index contributed by atoms with van der Waals surface area (Å²) in [7, 11) is 0.454. The third-order valence-electron chi connectivity index (χ3n) is 3.46. The zero-order valence-corrected chi connectivity index (χ0v) is 13.9. The molecule has 2 rings (SSSR count). The predicted molar refractivity (Wildman–Crippen MR) is 89.9 cm³/mol. The Kier molecular flexibility index (Phi) is 7.22. The van der Waals surface area contributed by atoms with Gasteiger partial charge in [-0.3, -0.25) is 0 Å². The van der Waals surface area contributed by atoms with Crippen molar-refractivity contribution in [3.8, 4) is 0 Å². The summed E-state index contributed by atoms with van der Waals surface area (Å²) in [6.07, 6.45) is 0.976. The van der Waals surface area contributed by atoms with Gasteiger partial charge in [0, 0.05) is 20.3 Å². The lowest BCUT2D eigenvalue weighted by Gasteiger charge is -2.17. The maximum absolute atomic E-state index is 6.21. The molecule has 0 atom stereocenters. The molecule has 0 heterocycles. The van der Waals surface area contributed by atoms with E-state index in [0.717, 1.165) is 31.7 Å². The molecule has 0 aromatic heterocycles. The molecule has 0 aliphatic carbocycles. The monoisotopic (exact) mass is 300 g/mol. The molecule has 112 valence electrons. The Morgan fingerprint density at radius 1 is 0.762 bits per heavy atom. The maximum atomic E-state index is 6.21. The minimum atomic E-state index is -1.29. The normalized spacial score (nSPS) is 11.0. The quantitative estimate of drug-likeness (QED) is 0.522. The summed E-state index contributed by atoms with van der Waals surface area (Å²) in [6, 6.07) is 23.5. The highest BCUT2D eigenvalue weighted by Crippen LogP contribution is 2.09. The first-order chi connectivity index (χ1) is 10.4. The van der Waals surface area contributed by atoms with Crippen LogP contribution in [-0.4, -0.2) is 29.4 Å². The molecule has 21 heavy (non-hydrogen) atoms. The van der Waals surface area contributed by atoms with Crippen molar-refractivity contribution in [2.75, 3.05) is 20.3 Å². The topological polar surface area (TPSA) is 18.5 Å². The minimum Gasteiger partial charge on any atom is -0.419 e. The van der Waals surface area contributed by atoms with Gasteiger partial charge in [-0.05, 0) is 29.6 Å². The lowest BCUT2D eigenvalue weighted by molar-refractivity contribution is 0.171. The van der Waals surface area contributed by atoms with E-state index >= 15 is 0 Å². The summed E-state index contributed by atoms with van der Waals surface area (Å²) in [5.41, 5.74) is 2.77. The molecule has 2 aromatic carbocycles. The molecule has 0 aliphatic heterocycles. The van der Waals surface area contributed by atoms with Gasteiger partial charge in [0.05, 0.1) is 0 Å². The molecular formula is C18H24O2Si. The van der Waals surface area contributed by atoms with Gasteiger partial charge >= 0.3 is 0 Å². The molecule has 0 unspecified atom stereocenters. The van der Waals surface area contributed by atoms with E-state index in [1.54, 1.807) is 7.11 Å². The molecule has 3 heteroatoms. The second-order valence-electron chi connectivity index (χ2n) is 5.22. The smallest absolute Gasteiger partial charge is 0.185 e. The summed E-state index contributed by atoms with van der Waals surface area (Å²) in [4.78, 5) is 0. The fraction of sp³-hybridized carbons (Fsp3) is 0.333. The Hall–Kier alpha value is -1.42. The van der Waals surface area contributed by atoms with Gasteiger partial charge in [0.15, 0.2) is 9.04 Å². The summed E-state index contributed by atoms with van der Waals surface area (Å²) in [5.74, 6) is 0. The largest absolute Gasteiger partial charge is 0.419 e. The Bertz CT molecular complexity index is 446. The van der Waals surface area contributed by atoms with E-state index < -0.39 is 9.04 Å². The van der Waals surface area contributed by atoms with Gasteiger partial charge in [0.1, 0.15) is 0 Å². The molecule has 0 saturated heterocycles. The standard InChI is InChI=1S/C18H24O2Si/c1-19-13-8-14-20-21(15-17-9-4-2-5-10-17)16-18-11-6-3-7-12-18/h2-7,9-12,21H,8,13-16H2,1H3. The van der Waals surface area contributed by atoms with Crippen LogP contribution in [0.5, 0.6) is 0 Å². The van der Waals surface area contributed by atoms with Crippen LogP contribution in [0.15, 0.2) is 60.7 Å². The second-order valence-corrected chi connectivity index (χ2v) is 7.61. The van der Waals surface area contributed by atoms with Gasteiger partial charge in [-0.1, -0.05) is 60.7 Å². The number of methoxy groups -OCH3 is 1. The zero-order valence-electron chi connectivity index (χ0n) is 12.7. The van der Waals surface area contributed by atoms with Gasteiger partial charge in [0.2, 0.25) is 0 Å². The van der Waals surface area contributed by atoms with Crippen molar-refractivity contribution in [2.45, 2.75) is 18.5 Å². The van der Waals surface area contributed by atoms with Gasteiger partial charge in [-0.15, -0.1) is 0 Å². The fourth-order valence-corrected chi connectivity index (χ4v) is 4.87. The molecule has 0 radical (unpaired) electrons. The van der Waals surface area contributed by atoms with Gasteiger partial charge in [-0.25, -0.2) is 0 Å². The predicted octanol–water partition coefficient (Wildman–Crippen LogP) is 3.33. The van der Waals surface area contributed by atoms with E-state index in [4.69, 9.17) is 9.16 Å². The number of ether oxygens (including phenoxy) is 1. The Labute approximate surface area is 129 Å². The molecule has 0 saturated carbocycles.